The molecule has 0 saturated heterocycles. The topological polar surface area (TPSA) is 99.5 Å². The third-order valence-corrected chi connectivity index (χ3v) is 4.23. The number of hydrazone groups is 1. The van der Waals surface area contributed by atoms with Gasteiger partial charge in [-0.3, -0.25) is 19.1 Å². The molecule has 1 amide bonds. The highest BCUT2D eigenvalue weighted by Gasteiger charge is 2.30. The molecular formula is C19H13F3N4O3S. The first kappa shape index (κ1) is 21.0. The van der Waals surface area contributed by atoms with Gasteiger partial charge in [0.05, 0.1) is 17.5 Å². The first-order chi connectivity index (χ1) is 14.2. The molecule has 11 heteroatoms. The van der Waals surface area contributed by atoms with Crippen molar-refractivity contribution in [1.29, 1.82) is 0 Å². The van der Waals surface area contributed by atoms with Crippen LogP contribution < -0.4 is 11.0 Å². The number of benzene rings is 2. The Labute approximate surface area is 172 Å². The van der Waals surface area contributed by atoms with Crippen LogP contribution in [0.3, 0.4) is 0 Å². The molecule has 30 heavy (non-hydrogen) atoms. The number of amides is 1. The normalized spacial score (nSPS) is 11.6. The summed E-state index contributed by atoms with van der Waals surface area (Å²) in [4.78, 5) is 26.4. The summed E-state index contributed by atoms with van der Waals surface area (Å²) in [5.74, 6) is -1.30. The molecular weight excluding hydrogens is 421 g/mol. The van der Waals surface area contributed by atoms with Crippen molar-refractivity contribution < 1.29 is 23.1 Å². The maximum absolute atomic E-state index is 13.0. The molecule has 0 aliphatic heterocycles. The van der Waals surface area contributed by atoms with Gasteiger partial charge in [0.1, 0.15) is 5.56 Å². The van der Waals surface area contributed by atoms with Crippen molar-refractivity contribution >= 4 is 24.3 Å². The van der Waals surface area contributed by atoms with Crippen LogP contribution >= 0.6 is 12.2 Å². The number of carbonyl (C=O) groups excluding carboxylic acids is 1. The van der Waals surface area contributed by atoms with Crippen LogP contribution in [-0.2, 0) is 6.18 Å². The Hall–Kier alpha value is -3.73. The summed E-state index contributed by atoms with van der Waals surface area (Å²) in [5.41, 5.74) is 0.178. The Kier molecular flexibility index (Phi) is 5.83. The minimum absolute atomic E-state index is 0.119. The predicted octanol–water partition coefficient (Wildman–Crippen LogP) is 3.38. The van der Waals surface area contributed by atoms with E-state index in [1.807, 2.05) is 0 Å². The highest BCUT2D eigenvalue weighted by Crippen LogP contribution is 2.31. The minimum atomic E-state index is -4.61. The molecule has 7 nitrogen and oxygen atoms in total. The second-order valence-corrected chi connectivity index (χ2v) is 6.33. The molecule has 0 bridgehead atoms. The zero-order chi connectivity index (χ0) is 21.9. The molecule has 0 atom stereocenters. The van der Waals surface area contributed by atoms with Crippen molar-refractivity contribution in [2.45, 2.75) is 6.18 Å². The number of nitrogens with zero attached hydrogens (tertiary/aromatic N) is 2. The van der Waals surface area contributed by atoms with Crippen molar-refractivity contribution in [1.82, 2.24) is 15.0 Å². The molecule has 0 fully saturated rings. The van der Waals surface area contributed by atoms with E-state index in [9.17, 15) is 27.9 Å². The summed E-state index contributed by atoms with van der Waals surface area (Å²) in [6.45, 7) is 0. The minimum Gasteiger partial charge on any atom is -0.494 e. The Morgan fingerprint density at radius 2 is 1.87 bits per heavy atom. The van der Waals surface area contributed by atoms with E-state index in [1.54, 1.807) is 30.3 Å². The van der Waals surface area contributed by atoms with Gasteiger partial charge in [-0.2, -0.15) is 18.3 Å². The van der Waals surface area contributed by atoms with Crippen LogP contribution in [0.5, 0.6) is 5.88 Å². The SMILES string of the molecule is O=C(N/N=C/c1c(O)n(-c2cccc(C(F)(F)F)c2)c(=S)[nH]c1=O)c1ccccc1. The molecule has 0 radical (unpaired) electrons. The maximum atomic E-state index is 13.0. The Morgan fingerprint density at radius 1 is 1.17 bits per heavy atom. The molecule has 1 heterocycles. The lowest BCUT2D eigenvalue weighted by Gasteiger charge is -2.13. The fraction of sp³-hybridized carbons (Fsp3) is 0.0526. The highest BCUT2D eigenvalue weighted by atomic mass is 32.1. The Morgan fingerprint density at radius 3 is 2.53 bits per heavy atom. The fourth-order valence-electron chi connectivity index (χ4n) is 2.53. The van der Waals surface area contributed by atoms with E-state index in [-0.39, 0.29) is 10.5 Å². The summed E-state index contributed by atoms with van der Waals surface area (Å²) in [7, 11) is 0. The van der Waals surface area contributed by atoms with Crippen molar-refractivity contribution in [3.63, 3.8) is 0 Å². The van der Waals surface area contributed by atoms with Gasteiger partial charge in [-0.1, -0.05) is 24.3 Å². The van der Waals surface area contributed by atoms with Gasteiger partial charge in [-0.05, 0) is 42.5 Å². The molecule has 3 aromatic rings. The number of rotatable bonds is 4. The lowest BCUT2D eigenvalue weighted by molar-refractivity contribution is -0.137. The van der Waals surface area contributed by atoms with Gasteiger partial charge < -0.3 is 5.11 Å². The number of H-pyrrole nitrogens is 1. The van der Waals surface area contributed by atoms with E-state index in [4.69, 9.17) is 12.2 Å². The Bertz CT molecular complexity index is 1230. The third-order valence-electron chi connectivity index (χ3n) is 3.95. The molecule has 154 valence electrons. The highest BCUT2D eigenvalue weighted by molar-refractivity contribution is 7.71. The first-order valence-electron chi connectivity index (χ1n) is 8.33. The number of aromatic amines is 1. The van der Waals surface area contributed by atoms with E-state index in [2.05, 4.69) is 15.5 Å². The van der Waals surface area contributed by atoms with Crippen molar-refractivity contribution in [3.05, 3.63) is 86.4 Å². The van der Waals surface area contributed by atoms with Crippen molar-refractivity contribution in [2.75, 3.05) is 0 Å². The number of hydrogen-bond donors (Lipinski definition) is 3. The summed E-state index contributed by atoms with van der Waals surface area (Å²) >= 11 is 4.98. The van der Waals surface area contributed by atoms with Gasteiger partial charge in [0.15, 0.2) is 4.77 Å². The van der Waals surface area contributed by atoms with Crippen LogP contribution in [0.1, 0.15) is 21.5 Å². The molecule has 0 aliphatic rings. The number of aromatic nitrogens is 2. The Balaban J connectivity index is 1.97. The van der Waals surface area contributed by atoms with Crippen LogP contribution in [0, 0.1) is 4.77 Å². The van der Waals surface area contributed by atoms with Gasteiger partial charge in [0.2, 0.25) is 5.88 Å². The number of halogens is 3. The van der Waals surface area contributed by atoms with Crippen LogP contribution in [0.4, 0.5) is 13.2 Å². The smallest absolute Gasteiger partial charge is 0.416 e. The van der Waals surface area contributed by atoms with Crippen molar-refractivity contribution in [3.8, 4) is 11.6 Å². The fourth-order valence-corrected chi connectivity index (χ4v) is 2.81. The molecule has 2 aromatic carbocycles. The average molecular weight is 434 g/mol. The van der Waals surface area contributed by atoms with E-state index >= 15 is 0 Å². The van der Waals surface area contributed by atoms with E-state index in [0.29, 0.717) is 5.56 Å². The third kappa shape index (κ3) is 4.46. The number of hydrogen-bond acceptors (Lipinski definition) is 5. The lowest BCUT2D eigenvalue weighted by atomic mass is 10.2. The summed E-state index contributed by atoms with van der Waals surface area (Å²) in [5, 5.41) is 14.1. The zero-order valence-electron chi connectivity index (χ0n) is 15.0. The second-order valence-electron chi connectivity index (χ2n) is 5.95. The van der Waals surface area contributed by atoms with Crippen molar-refractivity contribution in [2.24, 2.45) is 5.10 Å². The number of nitrogens with one attached hydrogen (secondary N) is 2. The predicted molar refractivity (Wildman–Crippen MR) is 105 cm³/mol. The van der Waals surface area contributed by atoms with Gasteiger partial charge in [0.25, 0.3) is 11.5 Å². The number of carbonyl (C=O) groups is 1. The van der Waals surface area contributed by atoms with Crippen LogP contribution in [0.15, 0.2) is 64.5 Å². The lowest BCUT2D eigenvalue weighted by Crippen LogP contribution is -2.21. The van der Waals surface area contributed by atoms with Crippen LogP contribution in [-0.4, -0.2) is 26.8 Å². The maximum Gasteiger partial charge on any atom is 0.416 e. The first-order valence-corrected chi connectivity index (χ1v) is 8.73. The second kappa shape index (κ2) is 8.33. The van der Waals surface area contributed by atoms with Gasteiger partial charge in [-0.15, -0.1) is 0 Å². The largest absolute Gasteiger partial charge is 0.494 e. The standard InChI is InChI=1S/C19H13F3N4O3S/c20-19(21,22)12-7-4-8-13(9-12)26-17(29)14(16(28)24-18(26)30)10-23-25-15(27)11-5-2-1-3-6-11/h1-10,29H,(H,25,27)(H,24,28,30)/b23-10+. The van der Waals surface area contributed by atoms with Gasteiger partial charge in [0, 0.05) is 5.56 Å². The number of alkyl halides is 3. The zero-order valence-corrected chi connectivity index (χ0v) is 15.8. The molecule has 0 aliphatic carbocycles. The van der Waals surface area contributed by atoms with E-state index in [0.717, 1.165) is 29.0 Å². The summed E-state index contributed by atoms with van der Waals surface area (Å²) in [6, 6.07) is 12.2. The molecule has 3 N–H and O–H groups in total. The average Bonchev–Trinajstić information content (AvgIpc) is 2.70. The summed E-state index contributed by atoms with van der Waals surface area (Å²) in [6.07, 6.45) is -3.74. The molecule has 3 rings (SSSR count). The summed E-state index contributed by atoms with van der Waals surface area (Å²) < 4.78 is 39.5. The number of aromatic hydroxyl groups is 1. The van der Waals surface area contributed by atoms with Gasteiger partial charge >= 0.3 is 6.18 Å². The molecule has 0 spiro atoms. The van der Waals surface area contributed by atoms with Crippen LogP contribution in [0.2, 0.25) is 0 Å². The van der Waals surface area contributed by atoms with Gasteiger partial charge in [-0.25, -0.2) is 5.43 Å². The molecule has 0 saturated carbocycles. The quantitative estimate of drug-likeness (QED) is 0.333. The molecule has 1 aromatic heterocycles. The molecule has 0 unspecified atom stereocenters. The van der Waals surface area contributed by atoms with E-state index < -0.39 is 34.6 Å². The van der Waals surface area contributed by atoms with Crippen LogP contribution in [0.25, 0.3) is 5.69 Å². The van der Waals surface area contributed by atoms with E-state index in [1.165, 1.54) is 6.07 Å². The monoisotopic (exact) mass is 434 g/mol.